The zero-order valence-electron chi connectivity index (χ0n) is 21.7. The molecule has 0 aliphatic carbocycles. The van der Waals surface area contributed by atoms with E-state index < -0.39 is 5.97 Å². The van der Waals surface area contributed by atoms with E-state index in [2.05, 4.69) is 39.9 Å². The van der Waals surface area contributed by atoms with Gasteiger partial charge in [-0.15, -0.1) is 0 Å². The Morgan fingerprint density at radius 3 is 1.50 bits per heavy atom. The first kappa shape index (κ1) is 35.0. The minimum Gasteiger partial charge on any atom is -0.481 e. The highest BCUT2D eigenvalue weighted by molar-refractivity contribution is 5.86. The minimum atomic E-state index is -0.871. The second kappa shape index (κ2) is 26.4. The van der Waals surface area contributed by atoms with E-state index in [1.165, 1.54) is 0 Å². The molecule has 0 unspecified atom stereocenters. The standard InChI is InChI=1S/C19H36N4O4.C5H8O4/c1-3-5-7-12-20-18(26)14-22-16(24)10-9-11-17(25)23-15-19(27)21-13-8-6-4-2;6-4-9-3-1-2-5(7)8/h3-15H2,1-2H3,(H,20,26)(H,21,27)(H,22,24)(H,23,25);4H,1-3H2,(H,7,8). The largest absolute Gasteiger partial charge is 0.481 e. The number of ether oxygens (including phenoxy) is 1. The molecule has 0 aliphatic rings. The van der Waals surface area contributed by atoms with Crippen LogP contribution in [0.4, 0.5) is 0 Å². The molecule has 5 N–H and O–H groups in total. The average molecular weight is 517 g/mol. The Morgan fingerprint density at radius 2 is 1.11 bits per heavy atom. The number of carbonyl (C=O) groups excluding carboxylic acids is 5. The molecule has 0 atom stereocenters. The Morgan fingerprint density at radius 1 is 0.639 bits per heavy atom. The molecule has 12 heteroatoms. The van der Waals surface area contributed by atoms with Crippen LogP contribution in [0.2, 0.25) is 0 Å². The summed E-state index contributed by atoms with van der Waals surface area (Å²) in [4.78, 5) is 65.7. The maximum Gasteiger partial charge on any atom is 0.303 e. The van der Waals surface area contributed by atoms with Crippen LogP contribution in [0.5, 0.6) is 0 Å². The summed E-state index contributed by atoms with van der Waals surface area (Å²) in [5.41, 5.74) is 0. The Labute approximate surface area is 213 Å². The number of amides is 4. The van der Waals surface area contributed by atoms with Crippen LogP contribution in [0.15, 0.2) is 0 Å². The van der Waals surface area contributed by atoms with Crippen LogP contribution >= 0.6 is 0 Å². The Kier molecular flexibility index (Phi) is 25.7. The second-order valence-corrected chi connectivity index (χ2v) is 7.99. The predicted molar refractivity (Wildman–Crippen MR) is 134 cm³/mol. The van der Waals surface area contributed by atoms with Gasteiger partial charge in [0.25, 0.3) is 6.47 Å². The van der Waals surface area contributed by atoms with Gasteiger partial charge in [0.2, 0.25) is 23.6 Å². The van der Waals surface area contributed by atoms with Crippen molar-refractivity contribution in [2.45, 2.75) is 84.5 Å². The van der Waals surface area contributed by atoms with Gasteiger partial charge in [-0.2, -0.15) is 0 Å². The lowest BCUT2D eigenvalue weighted by atomic mass is 10.2. The first-order valence-corrected chi connectivity index (χ1v) is 12.6. The highest BCUT2D eigenvalue weighted by Crippen LogP contribution is 1.96. The SMILES string of the molecule is CCCCCNC(=O)CNC(=O)CCCC(=O)NCC(=O)NCCCCC.O=COCCCC(=O)O. The molecule has 0 aromatic rings. The smallest absolute Gasteiger partial charge is 0.303 e. The Bertz CT molecular complexity index is 604. The van der Waals surface area contributed by atoms with Gasteiger partial charge >= 0.3 is 5.97 Å². The molecule has 0 spiro atoms. The summed E-state index contributed by atoms with van der Waals surface area (Å²) in [5, 5.41) is 18.6. The molecule has 0 bridgehead atoms. The van der Waals surface area contributed by atoms with Gasteiger partial charge in [-0.3, -0.25) is 28.8 Å². The van der Waals surface area contributed by atoms with E-state index in [0.29, 0.717) is 32.4 Å². The highest BCUT2D eigenvalue weighted by Gasteiger charge is 2.08. The highest BCUT2D eigenvalue weighted by atomic mass is 16.5. The predicted octanol–water partition coefficient (Wildman–Crippen LogP) is 1.03. The summed E-state index contributed by atoms with van der Waals surface area (Å²) in [7, 11) is 0. The lowest BCUT2D eigenvalue weighted by Crippen LogP contribution is -2.38. The number of hydrogen-bond donors (Lipinski definition) is 5. The summed E-state index contributed by atoms with van der Waals surface area (Å²) in [6.45, 7) is 5.82. The zero-order valence-corrected chi connectivity index (χ0v) is 21.7. The van der Waals surface area contributed by atoms with Crippen molar-refractivity contribution in [3.05, 3.63) is 0 Å². The van der Waals surface area contributed by atoms with Crippen molar-refractivity contribution < 1.29 is 38.6 Å². The van der Waals surface area contributed by atoms with E-state index in [4.69, 9.17) is 5.11 Å². The first-order chi connectivity index (χ1) is 17.3. The fourth-order valence-electron chi connectivity index (χ4n) is 2.63. The third kappa shape index (κ3) is 28.9. The summed E-state index contributed by atoms with van der Waals surface area (Å²) >= 11 is 0. The summed E-state index contributed by atoms with van der Waals surface area (Å²) in [6.07, 6.45) is 7.30. The molecule has 0 rings (SSSR count). The summed E-state index contributed by atoms with van der Waals surface area (Å²) in [5.74, 6) is -1.81. The maximum atomic E-state index is 11.7. The normalized spacial score (nSPS) is 9.72. The number of carbonyl (C=O) groups is 6. The lowest BCUT2D eigenvalue weighted by Gasteiger charge is -2.08. The Hall–Kier alpha value is -3.18. The number of unbranched alkanes of at least 4 members (excludes halogenated alkanes) is 4. The van der Waals surface area contributed by atoms with Gasteiger partial charge < -0.3 is 31.1 Å². The molecule has 0 fully saturated rings. The molecule has 0 radical (unpaired) electrons. The van der Waals surface area contributed by atoms with Gasteiger partial charge in [0.1, 0.15) is 0 Å². The van der Waals surface area contributed by atoms with Crippen molar-refractivity contribution in [1.29, 1.82) is 0 Å². The van der Waals surface area contributed by atoms with Crippen molar-refractivity contribution in [1.82, 2.24) is 21.3 Å². The molecular formula is C24H44N4O8. The van der Waals surface area contributed by atoms with E-state index in [1.54, 1.807) is 0 Å². The van der Waals surface area contributed by atoms with Crippen LogP contribution < -0.4 is 21.3 Å². The monoisotopic (exact) mass is 516 g/mol. The number of hydrogen-bond acceptors (Lipinski definition) is 7. The van der Waals surface area contributed by atoms with Crippen LogP contribution in [0.25, 0.3) is 0 Å². The van der Waals surface area contributed by atoms with Gasteiger partial charge in [-0.05, 0) is 25.7 Å². The third-order valence-corrected chi connectivity index (χ3v) is 4.63. The first-order valence-electron chi connectivity index (χ1n) is 12.6. The zero-order chi connectivity index (χ0) is 27.4. The fourth-order valence-corrected chi connectivity index (χ4v) is 2.63. The van der Waals surface area contributed by atoms with Gasteiger partial charge in [-0.1, -0.05) is 39.5 Å². The molecular weight excluding hydrogens is 472 g/mol. The van der Waals surface area contributed by atoms with Crippen LogP contribution in [0, 0.1) is 0 Å². The molecule has 4 amide bonds. The van der Waals surface area contributed by atoms with E-state index in [0.717, 1.165) is 38.5 Å². The van der Waals surface area contributed by atoms with E-state index >= 15 is 0 Å². The number of rotatable bonds is 21. The number of aliphatic carboxylic acids is 1. The third-order valence-electron chi connectivity index (χ3n) is 4.63. The lowest BCUT2D eigenvalue weighted by molar-refractivity contribution is -0.138. The van der Waals surface area contributed by atoms with E-state index in [-0.39, 0.29) is 62.6 Å². The number of carboxylic acids is 1. The quantitative estimate of drug-likeness (QED) is 0.111. The van der Waals surface area contributed by atoms with E-state index in [1.807, 2.05) is 0 Å². The topological polar surface area (TPSA) is 180 Å². The average Bonchev–Trinajstić information content (AvgIpc) is 2.85. The minimum absolute atomic E-state index is 0.0463. The van der Waals surface area contributed by atoms with Crippen LogP contribution in [-0.2, 0) is 33.5 Å². The fraction of sp³-hybridized carbons (Fsp3) is 0.750. The molecule has 0 aliphatic heterocycles. The van der Waals surface area contributed by atoms with Crippen molar-refractivity contribution in [3.63, 3.8) is 0 Å². The van der Waals surface area contributed by atoms with Gasteiger partial charge in [0, 0.05) is 32.4 Å². The van der Waals surface area contributed by atoms with Crippen molar-refractivity contribution in [3.8, 4) is 0 Å². The number of carboxylic acid groups (broad SMARTS) is 1. The molecule has 0 aromatic heterocycles. The maximum absolute atomic E-state index is 11.7. The summed E-state index contributed by atoms with van der Waals surface area (Å²) < 4.78 is 4.24. The number of nitrogens with one attached hydrogen (secondary N) is 4. The molecule has 0 saturated heterocycles. The van der Waals surface area contributed by atoms with Gasteiger partial charge in [-0.25, -0.2) is 0 Å². The molecule has 0 heterocycles. The van der Waals surface area contributed by atoms with Gasteiger partial charge in [0.05, 0.1) is 19.7 Å². The molecule has 12 nitrogen and oxygen atoms in total. The Balaban J connectivity index is 0. The van der Waals surface area contributed by atoms with Crippen LogP contribution in [0.3, 0.4) is 0 Å². The van der Waals surface area contributed by atoms with Crippen molar-refractivity contribution in [2.24, 2.45) is 0 Å². The van der Waals surface area contributed by atoms with E-state index in [9.17, 15) is 28.8 Å². The molecule has 0 aromatic carbocycles. The van der Waals surface area contributed by atoms with Crippen molar-refractivity contribution >= 4 is 36.1 Å². The molecule has 208 valence electrons. The molecule has 36 heavy (non-hydrogen) atoms. The summed E-state index contributed by atoms with van der Waals surface area (Å²) in [6, 6.07) is 0. The van der Waals surface area contributed by atoms with Gasteiger partial charge in [0.15, 0.2) is 0 Å². The molecule has 0 saturated carbocycles. The van der Waals surface area contributed by atoms with Crippen LogP contribution in [0.1, 0.15) is 84.5 Å². The van der Waals surface area contributed by atoms with Crippen molar-refractivity contribution in [2.75, 3.05) is 32.8 Å². The van der Waals surface area contributed by atoms with Crippen LogP contribution in [-0.4, -0.2) is 74.0 Å². The second-order valence-electron chi connectivity index (χ2n) is 7.99.